The number of aromatic nitrogens is 2. The summed E-state index contributed by atoms with van der Waals surface area (Å²) < 4.78 is 1.16. The van der Waals surface area contributed by atoms with Gasteiger partial charge in [0.2, 0.25) is 0 Å². The van der Waals surface area contributed by atoms with E-state index < -0.39 is 17.0 Å². The largest absolute Gasteiger partial charge is 0.328 e. The molecular weight excluding hydrogens is 244 g/mol. The zero-order chi connectivity index (χ0) is 13.8. The lowest BCUT2D eigenvalue weighted by molar-refractivity contribution is 0.104. The van der Waals surface area contributed by atoms with Gasteiger partial charge >= 0.3 is 5.69 Å². The third-order valence-corrected chi connectivity index (χ3v) is 2.60. The zero-order valence-electron chi connectivity index (χ0n) is 10.3. The van der Waals surface area contributed by atoms with E-state index in [0.29, 0.717) is 0 Å². The van der Waals surface area contributed by atoms with E-state index in [0.717, 1.165) is 10.1 Å². The summed E-state index contributed by atoms with van der Waals surface area (Å²) in [4.78, 5) is 36.7. The van der Waals surface area contributed by atoms with Crippen LogP contribution in [0.3, 0.4) is 0 Å². The lowest BCUT2D eigenvalue weighted by Crippen LogP contribution is -2.31. The molecule has 0 aliphatic rings. The number of rotatable bonds is 3. The van der Waals surface area contributed by atoms with Crippen molar-refractivity contribution in [2.24, 2.45) is 7.05 Å². The summed E-state index contributed by atoms with van der Waals surface area (Å²) in [6.07, 6.45) is 4.16. The molecule has 0 unspecified atom stereocenters. The molecule has 0 bridgehead atoms. The Kier molecular flexibility index (Phi) is 3.56. The van der Waals surface area contributed by atoms with Crippen molar-refractivity contribution >= 4 is 11.9 Å². The van der Waals surface area contributed by atoms with E-state index in [1.54, 1.807) is 6.08 Å². The number of aromatic amines is 1. The van der Waals surface area contributed by atoms with Gasteiger partial charge in [0.1, 0.15) is 5.56 Å². The Hall–Kier alpha value is -2.69. The van der Waals surface area contributed by atoms with Gasteiger partial charge in [-0.05, 0) is 11.6 Å². The van der Waals surface area contributed by atoms with Crippen LogP contribution in [0.25, 0.3) is 6.08 Å². The second-order valence-electron chi connectivity index (χ2n) is 4.02. The first-order valence-corrected chi connectivity index (χ1v) is 5.65. The first-order chi connectivity index (χ1) is 9.08. The molecule has 0 amide bonds. The monoisotopic (exact) mass is 256 g/mol. The fourth-order valence-electron chi connectivity index (χ4n) is 1.56. The highest BCUT2D eigenvalue weighted by Gasteiger charge is 2.08. The number of aryl methyl sites for hydroxylation is 1. The molecule has 1 aromatic heterocycles. The van der Waals surface area contributed by atoms with Crippen LogP contribution >= 0.6 is 0 Å². The summed E-state index contributed by atoms with van der Waals surface area (Å²) in [7, 11) is 1.47. The standard InChI is InChI=1S/C14H12N2O3/c1-16-9-11(13(18)15-14(16)19)12(17)8-7-10-5-3-2-4-6-10/h2-9H,1H3,(H,15,18,19). The van der Waals surface area contributed by atoms with Crippen molar-refractivity contribution in [1.82, 2.24) is 9.55 Å². The van der Waals surface area contributed by atoms with Crippen LogP contribution in [-0.4, -0.2) is 15.3 Å². The van der Waals surface area contributed by atoms with Gasteiger partial charge in [-0.15, -0.1) is 0 Å². The average Bonchev–Trinajstić information content (AvgIpc) is 2.41. The molecule has 0 aliphatic carbocycles. The van der Waals surface area contributed by atoms with E-state index in [4.69, 9.17) is 0 Å². The number of allylic oxidation sites excluding steroid dienone is 1. The highest BCUT2D eigenvalue weighted by Crippen LogP contribution is 2.02. The van der Waals surface area contributed by atoms with Crippen LogP contribution in [0.5, 0.6) is 0 Å². The minimum Gasteiger partial charge on any atom is -0.303 e. The molecule has 1 N–H and O–H groups in total. The number of hydrogen-bond donors (Lipinski definition) is 1. The molecule has 2 aromatic rings. The number of carbonyl (C=O) groups excluding carboxylic acids is 1. The van der Waals surface area contributed by atoms with Crippen molar-refractivity contribution in [3.63, 3.8) is 0 Å². The van der Waals surface area contributed by atoms with Crippen LogP contribution in [-0.2, 0) is 7.05 Å². The second kappa shape index (κ2) is 5.30. The van der Waals surface area contributed by atoms with Crippen molar-refractivity contribution in [3.8, 4) is 0 Å². The maximum atomic E-state index is 11.9. The number of carbonyl (C=O) groups is 1. The van der Waals surface area contributed by atoms with Crippen LogP contribution in [0.15, 0.2) is 52.2 Å². The smallest absolute Gasteiger partial charge is 0.303 e. The Labute approximate surface area is 108 Å². The second-order valence-corrected chi connectivity index (χ2v) is 4.02. The molecule has 5 heteroatoms. The van der Waals surface area contributed by atoms with Gasteiger partial charge in [0.25, 0.3) is 5.56 Å². The molecule has 0 radical (unpaired) electrons. The molecule has 96 valence electrons. The number of nitrogens with zero attached hydrogens (tertiary/aromatic N) is 1. The fraction of sp³-hybridized carbons (Fsp3) is 0.0714. The van der Waals surface area contributed by atoms with Crippen LogP contribution < -0.4 is 11.2 Å². The van der Waals surface area contributed by atoms with Crippen LogP contribution in [0.1, 0.15) is 15.9 Å². The Morgan fingerprint density at radius 1 is 1.21 bits per heavy atom. The topological polar surface area (TPSA) is 71.9 Å². The van der Waals surface area contributed by atoms with Crippen molar-refractivity contribution < 1.29 is 4.79 Å². The van der Waals surface area contributed by atoms with E-state index >= 15 is 0 Å². The Balaban J connectivity index is 2.31. The van der Waals surface area contributed by atoms with Crippen molar-refractivity contribution in [2.75, 3.05) is 0 Å². The summed E-state index contributed by atoms with van der Waals surface area (Å²) in [6, 6.07) is 9.26. The average molecular weight is 256 g/mol. The van der Waals surface area contributed by atoms with Gasteiger partial charge in [-0.3, -0.25) is 14.6 Å². The Bertz CT molecular complexity index is 739. The number of nitrogens with one attached hydrogen (secondary N) is 1. The number of ketones is 1. The summed E-state index contributed by atoms with van der Waals surface area (Å²) in [5, 5.41) is 0. The summed E-state index contributed by atoms with van der Waals surface area (Å²) in [5.74, 6) is -0.444. The molecule has 19 heavy (non-hydrogen) atoms. The quantitative estimate of drug-likeness (QED) is 0.657. The maximum Gasteiger partial charge on any atom is 0.328 e. The van der Waals surface area contributed by atoms with Gasteiger partial charge in [-0.1, -0.05) is 36.4 Å². The lowest BCUT2D eigenvalue weighted by atomic mass is 10.1. The molecule has 1 aromatic carbocycles. The Morgan fingerprint density at radius 3 is 2.58 bits per heavy atom. The van der Waals surface area contributed by atoms with Crippen molar-refractivity contribution in [1.29, 1.82) is 0 Å². The normalized spacial score (nSPS) is 10.8. The molecular formula is C14H12N2O3. The van der Waals surface area contributed by atoms with E-state index in [1.165, 1.54) is 19.3 Å². The third kappa shape index (κ3) is 2.95. The van der Waals surface area contributed by atoms with Crippen LogP contribution in [0, 0.1) is 0 Å². The molecule has 2 rings (SSSR count). The molecule has 0 atom stereocenters. The van der Waals surface area contributed by atoms with Gasteiger partial charge in [0.15, 0.2) is 5.78 Å². The van der Waals surface area contributed by atoms with E-state index in [1.807, 2.05) is 30.3 Å². The van der Waals surface area contributed by atoms with Gasteiger partial charge < -0.3 is 4.57 Å². The van der Waals surface area contributed by atoms with Gasteiger partial charge in [0.05, 0.1) is 0 Å². The van der Waals surface area contributed by atoms with Gasteiger partial charge in [-0.25, -0.2) is 4.79 Å². The summed E-state index contributed by atoms with van der Waals surface area (Å²) >= 11 is 0. The van der Waals surface area contributed by atoms with Crippen LogP contribution in [0.2, 0.25) is 0 Å². The number of hydrogen-bond acceptors (Lipinski definition) is 3. The fourth-order valence-corrected chi connectivity index (χ4v) is 1.56. The zero-order valence-corrected chi connectivity index (χ0v) is 10.3. The highest BCUT2D eigenvalue weighted by atomic mass is 16.2. The first kappa shape index (κ1) is 12.8. The first-order valence-electron chi connectivity index (χ1n) is 5.65. The highest BCUT2D eigenvalue weighted by molar-refractivity contribution is 6.06. The third-order valence-electron chi connectivity index (χ3n) is 2.60. The van der Waals surface area contributed by atoms with Crippen LogP contribution in [0.4, 0.5) is 0 Å². The molecule has 0 spiro atoms. The summed E-state index contributed by atoms with van der Waals surface area (Å²) in [6.45, 7) is 0. The van der Waals surface area contributed by atoms with E-state index in [9.17, 15) is 14.4 Å². The minimum absolute atomic E-state index is 0.0609. The van der Waals surface area contributed by atoms with Gasteiger partial charge in [-0.2, -0.15) is 0 Å². The molecule has 0 fully saturated rings. The molecule has 1 heterocycles. The molecule has 5 nitrogen and oxygen atoms in total. The molecule has 0 aliphatic heterocycles. The predicted molar refractivity (Wildman–Crippen MR) is 72.1 cm³/mol. The van der Waals surface area contributed by atoms with Gasteiger partial charge in [0, 0.05) is 13.2 Å². The number of benzene rings is 1. The maximum absolute atomic E-state index is 11.9. The number of H-pyrrole nitrogens is 1. The molecule has 0 saturated heterocycles. The lowest BCUT2D eigenvalue weighted by Gasteiger charge is -1.98. The Morgan fingerprint density at radius 2 is 1.89 bits per heavy atom. The van der Waals surface area contributed by atoms with E-state index in [-0.39, 0.29) is 5.56 Å². The van der Waals surface area contributed by atoms with E-state index in [2.05, 4.69) is 4.98 Å². The predicted octanol–water partition coefficient (Wildman–Crippen LogP) is 0.970. The SMILES string of the molecule is Cn1cc(C(=O)C=Cc2ccccc2)c(=O)[nH]c1=O. The van der Waals surface area contributed by atoms with Crippen molar-refractivity contribution in [2.45, 2.75) is 0 Å². The minimum atomic E-state index is -0.675. The van der Waals surface area contributed by atoms with Crippen molar-refractivity contribution in [3.05, 3.63) is 74.6 Å². The summed E-state index contributed by atoms with van der Waals surface area (Å²) in [5.41, 5.74) is -0.425. The molecule has 0 saturated carbocycles.